The summed E-state index contributed by atoms with van der Waals surface area (Å²) in [4.78, 5) is 48.4. The molecule has 1 aliphatic heterocycles. The van der Waals surface area contributed by atoms with Crippen LogP contribution in [0.5, 0.6) is 0 Å². The van der Waals surface area contributed by atoms with Gasteiger partial charge in [-0.25, -0.2) is 9.97 Å². The number of piperidine rings is 1. The van der Waals surface area contributed by atoms with Gasteiger partial charge in [-0.15, -0.1) is 0 Å². The molecule has 1 fully saturated rings. The Bertz CT molecular complexity index is 1570. The molecule has 3 heterocycles. The molecule has 2 aromatic heterocycles. The van der Waals surface area contributed by atoms with Crippen molar-refractivity contribution in [3.05, 3.63) is 95.6 Å². The van der Waals surface area contributed by atoms with Crippen LogP contribution in [0.4, 0.5) is 5.69 Å². The molecule has 1 atom stereocenters. The van der Waals surface area contributed by atoms with Crippen LogP contribution < -0.4 is 10.9 Å². The monoisotopic (exact) mass is 540 g/mol. The Morgan fingerprint density at radius 2 is 1.90 bits per heavy atom. The van der Waals surface area contributed by atoms with Gasteiger partial charge in [0.15, 0.2) is 0 Å². The predicted octanol–water partition coefficient (Wildman–Crippen LogP) is 3.25. The summed E-state index contributed by atoms with van der Waals surface area (Å²) in [6.45, 7) is 3.01. The lowest BCUT2D eigenvalue weighted by Gasteiger charge is -2.38. The number of benzene rings is 2. The van der Waals surface area contributed by atoms with Crippen LogP contribution in [0.15, 0.2) is 84.4 Å². The van der Waals surface area contributed by atoms with E-state index >= 15 is 0 Å². The zero-order valence-corrected chi connectivity index (χ0v) is 22.3. The van der Waals surface area contributed by atoms with Crippen molar-refractivity contribution in [2.45, 2.75) is 44.2 Å². The summed E-state index contributed by atoms with van der Waals surface area (Å²) in [6.07, 6.45) is 10.4. The van der Waals surface area contributed by atoms with Gasteiger partial charge in [-0.1, -0.05) is 37.3 Å². The van der Waals surface area contributed by atoms with Gasteiger partial charge in [-0.2, -0.15) is 0 Å². The molecule has 1 aliphatic rings. The number of nitrogens with zero attached hydrogens (tertiary/aromatic N) is 5. The minimum atomic E-state index is -1.11. The number of aromatic nitrogens is 4. The Labute approximate surface area is 231 Å². The van der Waals surface area contributed by atoms with Crippen LogP contribution in [0.1, 0.15) is 37.7 Å². The van der Waals surface area contributed by atoms with E-state index in [4.69, 9.17) is 0 Å². The minimum absolute atomic E-state index is 0.0723. The van der Waals surface area contributed by atoms with Gasteiger partial charge in [0, 0.05) is 49.9 Å². The molecule has 2 N–H and O–H groups in total. The highest BCUT2D eigenvalue weighted by atomic mass is 16.3. The topological polar surface area (TPSA) is 122 Å². The number of carbonyl (C=O) groups excluding carboxylic acids is 2. The summed E-state index contributed by atoms with van der Waals surface area (Å²) in [5, 5.41) is 14.4. The van der Waals surface area contributed by atoms with E-state index in [0.29, 0.717) is 48.9 Å². The molecular weight excluding hydrogens is 508 g/mol. The normalized spacial score (nSPS) is 15.8. The number of imidazole rings is 1. The quantitative estimate of drug-likeness (QED) is 0.331. The second kappa shape index (κ2) is 11.7. The maximum absolute atomic E-state index is 13.2. The zero-order chi connectivity index (χ0) is 28.1. The smallest absolute Gasteiger partial charge is 0.261 e. The number of aliphatic hydroxyl groups is 1. The minimum Gasteiger partial charge on any atom is -0.388 e. The van der Waals surface area contributed by atoms with E-state index in [9.17, 15) is 19.5 Å². The third-order valence-corrected chi connectivity index (χ3v) is 7.38. The van der Waals surface area contributed by atoms with Gasteiger partial charge >= 0.3 is 0 Å². The van der Waals surface area contributed by atoms with Crippen LogP contribution in [0.25, 0.3) is 17.1 Å². The molecule has 0 aliphatic carbocycles. The Morgan fingerprint density at radius 1 is 1.12 bits per heavy atom. The second-order valence-corrected chi connectivity index (χ2v) is 10.3. The van der Waals surface area contributed by atoms with Crippen LogP contribution in [0.3, 0.4) is 0 Å². The van der Waals surface area contributed by atoms with E-state index in [2.05, 4.69) is 15.3 Å². The number of carbonyl (C=O) groups is 2. The van der Waals surface area contributed by atoms with Crippen LogP contribution in [-0.2, 0) is 16.1 Å². The largest absolute Gasteiger partial charge is 0.388 e. The summed E-state index contributed by atoms with van der Waals surface area (Å²) >= 11 is 0. The van der Waals surface area contributed by atoms with Crippen molar-refractivity contribution >= 4 is 34.6 Å². The highest BCUT2D eigenvalue weighted by molar-refractivity contribution is 6.02. The molecule has 2 amide bonds. The molecule has 1 saturated heterocycles. The van der Waals surface area contributed by atoms with E-state index in [1.165, 1.54) is 17.0 Å². The van der Waals surface area contributed by atoms with Gasteiger partial charge in [-0.05, 0) is 42.5 Å². The Morgan fingerprint density at radius 3 is 2.62 bits per heavy atom. The summed E-state index contributed by atoms with van der Waals surface area (Å²) in [7, 11) is 0. The molecule has 5 rings (SSSR count). The number of rotatable bonds is 8. The van der Waals surface area contributed by atoms with E-state index in [0.717, 1.165) is 5.56 Å². The predicted molar refractivity (Wildman–Crippen MR) is 152 cm³/mol. The Hall–Kier alpha value is -4.57. The van der Waals surface area contributed by atoms with Gasteiger partial charge in [-0.3, -0.25) is 19.0 Å². The van der Waals surface area contributed by atoms with Crippen molar-refractivity contribution in [1.82, 2.24) is 24.0 Å². The number of likely N-dealkylation sites (tertiary alicyclic amines) is 1. The average Bonchev–Trinajstić information content (AvgIpc) is 3.48. The number of hydrogen-bond donors (Lipinski definition) is 2. The maximum Gasteiger partial charge on any atom is 0.261 e. The lowest BCUT2D eigenvalue weighted by molar-refractivity contribution is -0.136. The number of hydrogen-bond acceptors (Lipinski definition) is 6. The molecule has 10 nitrogen and oxygen atoms in total. The molecule has 0 radical (unpaired) electrons. The van der Waals surface area contributed by atoms with Gasteiger partial charge in [0.2, 0.25) is 11.8 Å². The molecular formula is C30H32N6O4. The van der Waals surface area contributed by atoms with E-state index in [1.807, 2.05) is 37.3 Å². The zero-order valence-electron chi connectivity index (χ0n) is 22.3. The van der Waals surface area contributed by atoms with Crippen LogP contribution >= 0.6 is 0 Å². The molecule has 1 unspecified atom stereocenters. The van der Waals surface area contributed by atoms with Gasteiger partial charge in [0.05, 0.1) is 35.7 Å². The molecule has 0 saturated carbocycles. The van der Waals surface area contributed by atoms with E-state index in [-0.39, 0.29) is 29.8 Å². The summed E-state index contributed by atoms with van der Waals surface area (Å²) < 4.78 is 3.07. The number of fused-ring (bicyclic) bond motifs is 1. The number of amides is 2. The third kappa shape index (κ3) is 6.35. The lowest BCUT2D eigenvalue weighted by Crippen LogP contribution is -2.49. The number of nitrogens with one attached hydrogen (secondary N) is 1. The van der Waals surface area contributed by atoms with Gasteiger partial charge in [0.1, 0.15) is 0 Å². The fourth-order valence-corrected chi connectivity index (χ4v) is 4.98. The Balaban J connectivity index is 1.19. The van der Waals surface area contributed by atoms with Crippen molar-refractivity contribution in [2.24, 2.45) is 0 Å². The first kappa shape index (κ1) is 27.0. The van der Waals surface area contributed by atoms with E-state index in [1.54, 1.807) is 52.6 Å². The first-order chi connectivity index (χ1) is 19.3. The first-order valence-corrected chi connectivity index (χ1v) is 13.3. The van der Waals surface area contributed by atoms with Crippen molar-refractivity contribution in [3.8, 4) is 0 Å². The molecule has 0 bridgehead atoms. The summed E-state index contributed by atoms with van der Waals surface area (Å²) in [6, 6.07) is 14.9. The molecule has 40 heavy (non-hydrogen) atoms. The van der Waals surface area contributed by atoms with Crippen molar-refractivity contribution in [1.29, 1.82) is 0 Å². The molecule has 4 aromatic rings. The van der Waals surface area contributed by atoms with Gasteiger partial charge < -0.3 is 19.9 Å². The summed E-state index contributed by atoms with van der Waals surface area (Å²) in [5.74, 6) is -0.143. The fourth-order valence-electron chi connectivity index (χ4n) is 4.98. The standard InChI is InChI=1S/C30H32N6O4/c1-22(23-5-3-2-4-6-23)17-28(38)35-14-10-30(40,11-15-35)19-36-21-32-26-18-24(7-8-25(26)29(36)39)33-27(37)9-13-34-16-12-31-20-34/h2-9,12-13,16,18,20-22,40H,10-11,14-15,17,19H2,1H3,(H,33,37). The van der Waals surface area contributed by atoms with Crippen molar-refractivity contribution < 1.29 is 14.7 Å². The second-order valence-electron chi connectivity index (χ2n) is 10.3. The summed E-state index contributed by atoms with van der Waals surface area (Å²) in [5.41, 5.74) is 0.694. The molecule has 0 spiro atoms. The highest BCUT2D eigenvalue weighted by Gasteiger charge is 2.35. The SMILES string of the molecule is CC(CC(=O)N1CCC(O)(Cn2cnc3cc(NC(=O)C=Cn4ccnc4)ccc3c2=O)CC1)c1ccccc1. The van der Waals surface area contributed by atoms with Crippen molar-refractivity contribution in [2.75, 3.05) is 18.4 Å². The average molecular weight is 541 g/mol. The van der Waals surface area contributed by atoms with Crippen LogP contribution in [-0.4, -0.2) is 59.6 Å². The highest BCUT2D eigenvalue weighted by Crippen LogP contribution is 2.26. The lowest BCUT2D eigenvalue weighted by atomic mass is 9.90. The fraction of sp³-hybridized carbons (Fsp3) is 0.300. The molecule has 2 aromatic carbocycles. The van der Waals surface area contributed by atoms with Crippen LogP contribution in [0, 0.1) is 0 Å². The molecule has 10 heteroatoms. The first-order valence-electron chi connectivity index (χ1n) is 13.3. The third-order valence-electron chi connectivity index (χ3n) is 7.38. The maximum atomic E-state index is 13.2. The van der Waals surface area contributed by atoms with Crippen molar-refractivity contribution in [3.63, 3.8) is 0 Å². The Kier molecular flexibility index (Phi) is 7.88. The van der Waals surface area contributed by atoms with Crippen LogP contribution in [0.2, 0.25) is 0 Å². The van der Waals surface area contributed by atoms with E-state index < -0.39 is 5.60 Å². The number of anilines is 1. The molecule has 206 valence electrons. The van der Waals surface area contributed by atoms with Gasteiger partial charge in [0.25, 0.3) is 5.56 Å².